The minimum Gasteiger partial charge on any atom is -0.396 e. The molecule has 0 atom stereocenters. The highest BCUT2D eigenvalue weighted by atomic mass is 32.1. The van der Waals surface area contributed by atoms with E-state index in [2.05, 4.69) is 4.98 Å². The van der Waals surface area contributed by atoms with Crippen molar-refractivity contribution in [1.29, 1.82) is 0 Å². The van der Waals surface area contributed by atoms with Crippen LogP contribution in [0, 0.1) is 10.1 Å². The Balaban J connectivity index is 2.55. The number of benzene rings is 1. The summed E-state index contributed by atoms with van der Waals surface area (Å²) in [5.74, 6) is 0. The van der Waals surface area contributed by atoms with Crippen LogP contribution in [0.1, 0.15) is 20.3 Å². The van der Waals surface area contributed by atoms with Crippen LogP contribution in [0.15, 0.2) is 17.6 Å². The van der Waals surface area contributed by atoms with E-state index in [0.717, 1.165) is 4.70 Å². The molecular formula is C13H17N3O3S. The molecule has 0 radical (unpaired) electrons. The van der Waals surface area contributed by atoms with Gasteiger partial charge < -0.3 is 10.0 Å². The minimum atomic E-state index is -0.369. The van der Waals surface area contributed by atoms with E-state index in [-0.39, 0.29) is 23.3 Å². The highest BCUT2D eigenvalue weighted by molar-refractivity contribution is 7.16. The summed E-state index contributed by atoms with van der Waals surface area (Å²) >= 11 is 1.39. The van der Waals surface area contributed by atoms with E-state index in [1.54, 1.807) is 11.6 Å². The number of anilines is 1. The smallest absolute Gasteiger partial charge is 0.319 e. The largest absolute Gasteiger partial charge is 0.396 e. The maximum absolute atomic E-state index is 11.4. The van der Waals surface area contributed by atoms with Crippen LogP contribution < -0.4 is 4.90 Å². The number of fused-ring (bicyclic) bond motifs is 1. The Morgan fingerprint density at radius 2 is 2.25 bits per heavy atom. The molecule has 0 unspecified atom stereocenters. The van der Waals surface area contributed by atoms with Crippen molar-refractivity contribution in [3.8, 4) is 0 Å². The van der Waals surface area contributed by atoms with Crippen molar-refractivity contribution in [2.45, 2.75) is 26.3 Å². The zero-order valence-electron chi connectivity index (χ0n) is 11.4. The van der Waals surface area contributed by atoms with Crippen molar-refractivity contribution >= 4 is 32.9 Å². The van der Waals surface area contributed by atoms with Gasteiger partial charge in [-0.2, -0.15) is 0 Å². The van der Waals surface area contributed by atoms with Gasteiger partial charge in [-0.3, -0.25) is 10.1 Å². The second-order valence-corrected chi connectivity index (χ2v) is 5.64. The molecule has 6 nitrogen and oxygen atoms in total. The fourth-order valence-corrected chi connectivity index (χ4v) is 2.90. The molecule has 0 bridgehead atoms. The first kappa shape index (κ1) is 14.7. The molecule has 20 heavy (non-hydrogen) atoms. The van der Waals surface area contributed by atoms with Gasteiger partial charge in [0, 0.05) is 19.2 Å². The number of aliphatic hydroxyl groups excluding tert-OH is 1. The molecule has 1 N–H and O–H groups in total. The topological polar surface area (TPSA) is 79.5 Å². The lowest BCUT2D eigenvalue weighted by Crippen LogP contribution is -2.32. The third kappa shape index (κ3) is 2.73. The van der Waals surface area contributed by atoms with Crippen LogP contribution in [0.25, 0.3) is 10.2 Å². The Hall–Kier alpha value is -1.73. The summed E-state index contributed by atoms with van der Waals surface area (Å²) in [6.07, 6.45) is 0.574. The fourth-order valence-electron chi connectivity index (χ4n) is 2.22. The maximum atomic E-state index is 11.4. The normalized spacial score (nSPS) is 11.2. The Bertz CT molecular complexity index is 612. The quantitative estimate of drug-likeness (QED) is 0.655. The summed E-state index contributed by atoms with van der Waals surface area (Å²) in [5, 5.41) is 20.4. The van der Waals surface area contributed by atoms with E-state index in [0.29, 0.717) is 24.2 Å². The number of hydrogen-bond donors (Lipinski definition) is 1. The van der Waals surface area contributed by atoms with Crippen LogP contribution in [-0.2, 0) is 0 Å². The lowest BCUT2D eigenvalue weighted by Gasteiger charge is -2.28. The van der Waals surface area contributed by atoms with Gasteiger partial charge in [0.1, 0.15) is 5.69 Å². The van der Waals surface area contributed by atoms with Crippen LogP contribution in [0.2, 0.25) is 0 Å². The van der Waals surface area contributed by atoms with E-state index in [1.807, 2.05) is 24.8 Å². The number of aromatic nitrogens is 1. The Morgan fingerprint density at radius 3 is 2.85 bits per heavy atom. The maximum Gasteiger partial charge on any atom is 0.319 e. The third-order valence-electron chi connectivity index (χ3n) is 3.13. The minimum absolute atomic E-state index is 0.0513. The first-order valence-corrected chi connectivity index (χ1v) is 7.32. The number of nitro groups is 1. The number of hydrogen-bond acceptors (Lipinski definition) is 6. The van der Waals surface area contributed by atoms with Crippen LogP contribution in [-0.4, -0.2) is 34.2 Å². The number of rotatable bonds is 6. The first-order valence-electron chi connectivity index (χ1n) is 6.44. The molecule has 1 aromatic carbocycles. The molecule has 0 amide bonds. The molecule has 0 aliphatic carbocycles. The molecule has 0 fully saturated rings. The molecule has 0 saturated carbocycles. The fraction of sp³-hybridized carbons (Fsp3) is 0.462. The standard InChI is InChI=1S/C13H17N3O3S/c1-9(2)15(6-3-7-17)10-4-5-11-12(14-8-20-11)13(10)16(18)19/h4-5,8-9,17H,3,6-7H2,1-2H3. The first-order chi connectivity index (χ1) is 9.56. The Labute approximate surface area is 120 Å². The third-order valence-corrected chi connectivity index (χ3v) is 3.92. The molecule has 0 aliphatic heterocycles. The van der Waals surface area contributed by atoms with Gasteiger partial charge >= 0.3 is 5.69 Å². The average molecular weight is 295 g/mol. The van der Waals surface area contributed by atoms with Gasteiger partial charge in [0.2, 0.25) is 0 Å². The monoisotopic (exact) mass is 295 g/mol. The lowest BCUT2D eigenvalue weighted by molar-refractivity contribution is -0.382. The molecule has 0 spiro atoms. The van der Waals surface area contributed by atoms with Crippen LogP contribution in [0.5, 0.6) is 0 Å². The van der Waals surface area contributed by atoms with Gasteiger partial charge in [-0.25, -0.2) is 4.98 Å². The molecule has 7 heteroatoms. The van der Waals surface area contributed by atoms with E-state index in [9.17, 15) is 10.1 Å². The summed E-state index contributed by atoms with van der Waals surface area (Å²) in [5.41, 5.74) is 2.67. The van der Waals surface area contributed by atoms with E-state index in [4.69, 9.17) is 5.11 Å². The summed E-state index contributed by atoms with van der Waals surface area (Å²) < 4.78 is 0.811. The average Bonchev–Trinajstić information content (AvgIpc) is 2.86. The zero-order chi connectivity index (χ0) is 14.7. The van der Waals surface area contributed by atoms with Crippen LogP contribution >= 0.6 is 11.3 Å². The van der Waals surface area contributed by atoms with E-state index < -0.39 is 0 Å². The van der Waals surface area contributed by atoms with Gasteiger partial charge in [0.25, 0.3) is 0 Å². The number of nitro benzene ring substituents is 1. The molecular weight excluding hydrogens is 278 g/mol. The number of nitrogens with zero attached hydrogens (tertiary/aromatic N) is 3. The van der Waals surface area contributed by atoms with Gasteiger partial charge in [-0.15, -0.1) is 11.3 Å². The van der Waals surface area contributed by atoms with Crippen LogP contribution in [0.4, 0.5) is 11.4 Å². The molecule has 108 valence electrons. The number of thiazole rings is 1. The molecule has 1 heterocycles. The second-order valence-electron chi connectivity index (χ2n) is 4.75. The van der Waals surface area contributed by atoms with Crippen LogP contribution in [0.3, 0.4) is 0 Å². The molecule has 1 aromatic heterocycles. The zero-order valence-corrected chi connectivity index (χ0v) is 12.3. The summed E-state index contributed by atoms with van der Waals surface area (Å²) in [6.45, 7) is 4.60. The van der Waals surface area contributed by atoms with Gasteiger partial charge in [0.15, 0.2) is 5.52 Å². The van der Waals surface area contributed by atoms with Gasteiger partial charge in [-0.05, 0) is 32.4 Å². The van der Waals surface area contributed by atoms with E-state index in [1.165, 1.54) is 11.3 Å². The van der Waals surface area contributed by atoms with Crippen molar-refractivity contribution in [2.75, 3.05) is 18.1 Å². The highest BCUT2D eigenvalue weighted by Gasteiger charge is 2.25. The van der Waals surface area contributed by atoms with Gasteiger partial charge in [-0.1, -0.05) is 0 Å². The molecule has 2 aromatic rings. The summed E-state index contributed by atoms with van der Waals surface area (Å²) in [7, 11) is 0. The SMILES string of the molecule is CC(C)N(CCCO)c1ccc2scnc2c1[N+](=O)[O-]. The van der Waals surface area contributed by atoms with Gasteiger partial charge in [0.05, 0.1) is 15.1 Å². The Morgan fingerprint density at radius 1 is 1.50 bits per heavy atom. The Kier molecular flexibility index (Phi) is 4.51. The van der Waals surface area contributed by atoms with E-state index >= 15 is 0 Å². The molecule has 0 aliphatic rings. The summed E-state index contributed by atoms with van der Waals surface area (Å²) in [4.78, 5) is 17.1. The van der Waals surface area contributed by atoms with Crippen molar-refractivity contribution < 1.29 is 10.0 Å². The molecule has 0 saturated heterocycles. The van der Waals surface area contributed by atoms with Crippen molar-refractivity contribution in [2.24, 2.45) is 0 Å². The van der Waals surface area contributed by atoms with Crippen molar-refractivity contribution in [1.82, 2.24) is 4.98 Å². The predicted octanol–water partition coefficient (Wildman–Crippen LogP) is 2.80. The number of aliphatic hydroxyl groups is 1. The lowest BCUT2D eigenvalue weighted by atomic mass is 10.1. The van der Waals surface area contributed by atoms with Crippen molar-refractivity contribution in [3.63, 3.8) is 0 Å². The molecule has 2 rings (SSSR count). The highest BCUT2D eigenvalue weighted by Crippen LogP contribution is 2.37. The van der Waals surface area contributed by atoms with Crippen molar-refractivity contribution in [3.05, 3.63) is 27.8 Å². The summed E-state index contributed by atoms with van der Waals surface area (Å²) in [6, 6.07) is 3.75. The predicted molar refractivity (Wildman–Crippen MR) is 80.5 cm³/mol. The second kappa shape index (κ2) is 6.15.